The molecular formula is C11H14O4. The highest BCUT2D eigenvalue weighted by atomic mass is 16.4. The minimum atomic E-state index is -1.02. The Balaban J connectivity index is 4.88. The number of carboxylic acid groups (broad SMARTS) is 2. The van der Waals surface area contributed by atoms with Gasteiger partial charge in [0.05, 0.1) is 0 Å². The fourth-order valence-corrected chi connectivity index (χ4v) is 0.904. The lowest BCUT2D eigenvalue weighted by atomic mass is 10.0. The molecule has 0 heterocycles. The Labute approximate surface area is 88.2 Å². The predicted molar refractivity (Wildman–Crippen MR) is 56.5 cm³/mol. The number of rotatable bonds is 5. The Morgan fingerprint density at radius 3 is 1.60 bits per heavy atom. The number of aliphatic carboxylic acids is 2. The van der Waals surface area contributed by atoms with Gasteiger partial charge in [0, 0.05) is 17.1 Å². The van der Waals surface area contributed by atoms with E-state index in [-0.39, 0.29) is 17.1 Å². The highest BCUT2D eigenvalue weighted by Crippen LogP contribution is 2.10. The van der Waals surface area contributed by atoms with Crippen molar-refractivity contribution in [3.8, 4) is 0 Å². The van der Waals surface area contributed by atoms with Crippen molar-refractivity contribution in [1.29, 1.82) is 0 Å². The molecule has 0 rings (SSSR count). The van der Waals surface area contributed by atoms with Crippen LogP contribution in [0.3, 0.4) is 0 Å². The second-order valence-electron chi connectivity index (χ2n) is 3.12. The zero-order chi connectivity index (χ0) is 12.0. The summed E-state index contributed by atoms with van der Waals surface area (Å²) in [5, 5.41) is 17.3. The number of allylic oxidation sites excluding steroid dienone is 3. The minimum absolute atomic E-state index is 0.161. The molecule has 0 radical (unpaired) electrons. The lowest BCUT2D eigenvalue weighted by molar-refractivity contribution is -0.133. The van der Waals surface area contributed by atoms with Crippen molar-refractivity contribution in [2.24, 2.45) is 5.92 Å². The standard InChI is InChI=1S/C11H14O4/c1-4-9(5-7(2)10(12)13)6-8(3)11(14)15/h4-6,9H,1H2,2-3H3,(H,12,13)(H,14,15). The highest BCUT2D eigenvalue weighted by molar-refractivity contribution is 5.87. The topological polar surface area (TPSA) is 74.6 Å². The largest absolute Gasteiger partial charge is 0.478 e. The van der Waals surface area contributed by atoms with Crippen LogP contribution in [0, 0.1) is 5.92 Å². The highest BCUT2D eigenvalue weighted by Gasteiger charge is 2.06. The van der Waals surface area contributed by atoms with Crippen molar-refractivity contribution in [2.45, 2.75) is 13.8 Å². The minimum Gasteiger partial charge on any atom is -0.478 e. The summed E-state index contributed by atoms with van der Waals surface area (Å²) in [5.74, 6) is -2.43. The van der Waals surface area contributed by atoms with E-state index in [1.54, 1.807) is 0 Å². The number of hydrogen-bond acceptors (Lipinski definition) is 2. The molecule has 0 amide bonds. The van der Waals surface area contributed by atoms with E-state index in [1.165, 1.54) is 32.1 Å². The molecule has 15 heavy (non-hydrogen) atoms. The molecule has 0 aliphatic carbocycles. The molecule has 0 unspecified atom stereocenters. The molecule has 0 aliphatic rings. The Kier molecular flexibility index (Phi) is 5.09. The molecule has 0 bridgehead atoms. The summed E-state index contributed by atoms with van der Waals surface area (Å²) in [7, 11) is 0. The zero-order valence-corrected chi connectivity index (χ0v) is 8.73. The fourth-order valence-electron chi connectivity index (χ4n) is 0.904. The smallest absolute Gasteiger partial charge is 0.330 e. The van der Waals surface area contributed by atoms with Gasteiger partial charge in [0.1, 0.15) is 0 Å². The van der Waals surface area contributed by atoms with E-state index in [2.05, 4.69) is 6.58 Å². The van der Waals surface area contributed by atoms with Crippen LogP contribution in [0.4, 0.5) is 0 Å². The monoisotopic (exact) mass is 210 g/mol. The van der Waals surface area contributed by atoms with Crippen LogP contribution >= 0.6 is 0 Å². The van der Waals surface area contributed by atoms with Crippen LogP contribution in [0.1, 0.15) is 13.8 Å². The third-order valence-electron chi connectivity index (χ3n) is 1.83. The summed E-state index contributed by atoms with van der Waals surface area (Å²) in [5.41, 5.74) is 0.323. The van der Waals surface area contributed by atoms with Crippen LogP contribution in [-0.2, 0) is 9.59 Å². The van der Waals surface area contributed by atoms with Crippen LogP contribution in [0.25, 0.3) is 0 Å². The summed E-state index contributed by atoms with van der Waals surface area (Å²) in [6.45, 7) is 6.41. The number of carbonyl (C=O) groups is 2. The summed E-state index contributed by atoms with van der Waals surface area (Å²) in [6, 6.07) is 0. The zero-order valence-electron chi connectivity index (χ0n) is 8.73. The van der Waals surface area contributed by atoms with Crippen molar-refractivity contribution in [1.82, 2.24) is 0 Å². The molecule has 2 N–H and O–H groups in total. The normalized spacial score (nSPS) is 14.5. The first-order valence-electron chi connectivity index (χ1n) is 4.34. The van der Waals surface area contributed by atoms with Crippen molar-refractivity contribution in [3.05, 3.63) is 36.0 Å². The lowest BCUT2D eigenvalue weighted by Gasteiger charge is -2.03. The number of hydrogen-bond donors (Lipinski definition) is 2. The molecule has 0 aliphatic heterocycles. The van der Waals surface area contributed by atoms with Gasteiger partial charge in [-0.15, -0.1) is 6.58 Å². The molecule has 4 nitrogen and oxygen atoms in total. The molecule has 0 atom stereocenters. The SMILES string of the molecule is C=CC(C=C(C)C(=O)O)C=C(C)C(=O)O. The molecule has 82 valence electrons. The summed E-state index contributed by atoms with van der Waals surface area (Å²) in [4.78, 5) is 21.1. The lowest BCUT2D eigenvalue weighted by Crippen LogP contribution is -2.02. The first kappa shape index (κ1) is 13.2. The molecule has 0 saturated carbocycles. The molecule has 0 aromatic rings. The maximum absolute atomic E-state index is 10.5. The van der Waals surface area contributed by atoms with E-state index in [0.29, 0.717) is 0 Å². The van der Waals surface area contributed by atoms with E-state index in [1.807, 2.05) is 0 Å². The summed E-state index contributed by atoms with van der Waals surface area (Å²) in [6.07, 6.45) is 4.38. The molecular weight excluding hydrogens is 196 g/mol. The average Bonchev–Trinajstić information content (AvgIpc) is 2.15. The molecule has 0 saturated heterocycles. The van der Waals surface area contributed by atoms with Gasteiger partial charge in [0.2, 0.25) is 0 Å². The van der Waals surface area contributed by atoms with E-state index in [4.69, 9.17) is 10.2 Å². The average molecular weight is 210 g/mol. The van der Waals surface area contributed by atoms with E-state index in [0.717, 1.165) is 0 Å². The first-order valence-corrected chi connectivity index (χ1v) is 4.34. The fraction of sp³-hybridized carbons (Fsp3) is 0.273. The van der Waals surface area contributed by atoms with Crippen LogP contribution in [-0.4, -0.2) is 22.2 Å². The van der Waals surface area contributed by atoms with Gasteiger partial charge in [0.15, 0.2) is 0 Å². The van der Waals surface area contributed by atoms with E-state index in [9.17, 15) is 9.59 Å². The molecule has 0 fully saturated rings. The quantitative estimate of drug-likeness (QED) is 0.536. The van der Waals surface area contributed by atoms with Crippen LogP contribution in [0.2, 0.25) is 0 Å². The van der Waals surface area contributed by atoms with Gasteiger partial charge in [0.25, 0.3) is 0 Å². The van der Waals surface area contributed by atoms with Gasteiger partial charge in [-0.3, -0.25) is 0 Å². The maximum atomic E-state index is 10.5. The first-order chi connectivity index (χ1) is 6.88. The van der Waals surface area contributed by atoms with E-state index >= 15 is 0 Å². The Bertz CT molecular complexity index is 306. The third-order valence-corrected chi connectivity index (χ3v) is 1.83. The molecule has 0 aromatic heterocycles. The Hall–Kier alpha value is -1.84. The van der Waals surface area contributed by atoms with Crippen LogP contribution in [0.5, 0.6) is 0 Å². The van der Waals surface area contributed by atoms with E-state index < -0.39 is 11.9 Å². The van der Waals surface area contributed by atoms with Gasteiger partial charge in [-0.25, -0.2) is 9.59 Å². The van der Waals surface area contributed by atoms with Crippen molar-refractivity contribution >= 4 is 11.9 Å². The molecule has 0 spiro atoms. The maximum Gasteiger partial charge on any atom is 0.330 e. The second-order valence-corrected chi connectivity index (χ2v) is 3.12. The van der Waals surface area contributed by atoms with Crippen molar-refractivity contribution < 1.29 is 19.8 Å². The molecule has 0 aromatic carbocycles. The Morgan fingerprint density at radius 2 is 1.40 bits per heavy atom. The van der Waals surface area contributed by atoms with Crippen molar-refractivity contribution in [2.75, 3.05) is 0 Å². The van der Waals surface area contributed by atoms with Gasteiger partial charge in [-0.1, -0.05) is 18.2 Å². The Morgan fingerprint density at radius 1 is 1.07 bits per heavy atom. The van der Waals surface area contributed by atoms with Gasteiger partial charge < -0.3 is 10.2 Å². The van der Waals surface area contributed by atoms with Crippen molar-refractivity contribution in [3.63, 3.8) is 0 Å². The summed E-state index contributed by atoms with van der Waals surface area (Å²) >= 11 is 0. The van der Waals surface area contributed by atoms with Crippen LogP contribution in [0.15, 0.2) is 36.0 Å². The second kappa shape index (κ2) is 5.80. The van der Waals surface area contributed by atoms with Gasteiger partial charge in [-0.2, -0.15) is 0 Å². The molecule has 4 heteroatoms. The van der Waals surface area contributed by atoms with Crippen LogP contribution < -0.4 is 0 Å². The number of carboxylic acids is 2. The van der Waals surface area contributed by atoms with Gasteiger partial charge in [-0.05, 0) is 13.8 Å². The third kappa shape index (κ3) is 4.81. The predicted octanol–water partition coefficient (Wildman–Crippen LogP) is 1.85. The summed E-state index contributed by atoms with van der Waals surface area (Å²) < 4.78 is 0. The van der Waals surface area contributed by atoms with Gasteiger partial charge >= 0.3 is 11.9 Å².